The highest BCUT2D eigenvalue weighted by molar-refractivity contribution is 7.90. The quantitative estimate of drug-likeness (QED) is 0.0802. The first-order valence-electron chi connectivity index (χ1n) is 23.5. The van der Waals surface area contributed by atoms with Crippen LogP contribution in [0, 0.1) is 55.4 Å². The van der Waals surface area contributed by atoms with Crippen LogP contribution >= 0.6 is 31.7 Å². The van der Waals surface area contributed by atoms with Gasteiger partial charge in [0.15, 0.2) is 34.5 Å². The Balaban J connectivity index is 1.47. The monoisotopic (exact) mass is 1040 g/mol. The molecule has 1 aliphatic heterocycles. The minimum absolute atomic E-state index is 0.472. The van der Waals surface area contributed by atoms with E-state index in [1.54, 1.807) is 0 Å². The predicted octanol–water partition coefficient (Wildman–Crippen LogP) is 16.8. The number of benzene rings is 8. The van der Waals surface area contributed by atoms with Gasteiger partial charge >= 0.3 is 31.7 Å². The molecule has 0 atom stereocenters. The molecule has 368 valence electrons. The lowest BCUT2D eigenvalue weighted by molar-refractivity contribution is 0.395. The van der Waals surface area contributed by atoms with Gasteiger partial charge < -0.3 is 9.05 Å². The van der Waals surface area contributed by atoms with E-state index in [4.69, 9.17) is 40.7 Å². The largest absolute Gasteiger partial charge is 0.617 e. The van der Waals surface area contributed by atoms with E-state index < -0.39 is 31.7 Å². The van der Waals surface area contributed by atoms with E-state index in [0.29, 0.717) is 46.0 Å². The topological polar surface area (TPSA) is 122 Å². The van der Waals surface area contributed by atoms with Crippen LogP contribution in [0.1, 0.15) is 44.5 Å². The van der Waals surface area contributed by atoms with Crippen LogP contribution in [-0.2, 0) is 0 Å². The molecule has 0 aromatic heterocycles. The molecule has 0 saturated carbocycles. The molecule has 0 fully saturated rings. The summed E-state index contributed by atoms with van der Waals surface area (Å²) in [5.74, 6) is 3.84. The van der Waals surface area contributed by atoms with Gasteiger partial charge in [0.1, 0.15) is 21.2 Å². The van der Waals surface area contributed by atoms with Gasteiger partial charge in [0, 0.05) is 4.86 Å². The third kappa shape index (κ3) is 11.7. The highest BCUT2D eigenvalue weighted by atomic mass is 31.3. The molecule has 8 aromatic rings. The van der Waals surface area contributed by atoms with Gasteiger partial charge in [-0.2, -0.15) is 0 Å². The molecule has 72 heavy (non-hydrogen) atoms. The maximum absolute atomic E-state index is 7.53. The molecule has 0 unspecified atom stereocenters. The Morgan fingerprint density at radius 3 is 0.806 bits per heavy atom. The maximum atomic E-state index is 7.53. The second kappa shape index (κ2) is 21.7. The Morgan fingerprint density at radius 1 is 0.292 bits per heavy atom. The Kier molecular flexibility index (Phi) is 15.2. The zero-order valence-electron chi connectivity index (χ0n) is 41.5. The van der Waals surface area contributed by atoms with Crippen LogP contribution in [0.5, 0.6) is 46.0 Å². The molecule has 0 spiro atoms. The summed E-state index contributed by atoms with van der Waals surface area (Å²) in [7, 11) is -17.0. The van der Waals surface area contributed by atoms with Gasteiger partial charge in [0.2, 0.25) is 0 Å². The smallest absolute Gasteiger partial charge is 0.415 e. The van der Waals surface area contributed by atoms with Crippen molar-refractivity contribution in [3.8, 4) is 46.0 Å². The van der Waals surface area contributed by atoms with Crippen LogP contribution in [0.2, 0.25) is 0 Å². The lowest BCUT2D eigenvalue weighted by Crippen LogP contribution is -2.45. The summed E-state index contributed by atoms with van der Waals surface area (Å²) in [5.41, 5.74) is 6.52. The molecular weight excluding hydrogens is 981 g/mol. The molecule has 16 heteroatoms. The maximum Gasteiger partial charge on any atom is 0.617 e. The minimum Gasteiger partial charge on any atom is -0.415 e. The van der Waals surface area contributed by atoms with E-state index in [-0.39, 0.29) is 0 Å². The summed E-state index contributed by atoms with van der Waals surface area (Å²) in [4.78, 5) is 11.6. The van der Waals surface area contributed by atoms with Crippen molar-refractivity contribution in [2.24, 2.45) is 4.52 Å². The number of hydrogen-bond donors (Lipinski definition) is 3. The molecule has 0 radical (unpaired) electrons. The average molecular weight is 1040 g/mol. The number of aryl methyl sites for hydroxylation is 8. The molecule has 9 rings (SSSR count). The van der Waals surface area contributed by atoms with Gasteiger partial charge in [-0.25, -0.2) is 0 Å². The summed E-state index contributed by atoms with van der Waals surface area (Å²) in [5, 5.41) is 0. The second-order valence-corrected chi connectivity index (χ2v) is 26.3. The second-order valence-electron chi connectivity index (χ2n) is 17.4. The van der Waals surface area contributed by atoms with Gasteiger partial charge in [0.05, 0.1) is 4.52 Å². The first-order chi connectivity index (χ1) is 34.7. The summed E-state index contributed by atoms with van der Waals surface area (Å²) in [6.07, 6.45) is 0. The molecule has 0 bridgehead atoms. The van der Waals surface area contributed by atoms with E-state index in [1.165, 1.54) is 0 Å². The minimum atomic E-state index is -4.30. The number of rotatable bonds is 16. The Labute approximate surface area is 425 Å². The fraction of sp³-hybridized carbons (Fsp3) is 0.143. The first-order valence-corrected chi connectivity index (χ1v) is 29.9. The molecule has 3 N–H and O–H groups in total. The van der Waals surface area contributed by atoms with Crippen molar-refractivity contribution in [2.45, 2.75) is 55.4 Å². The highest BCUT2D eigenvalue weighted by Gasteiger charge is 2.79. The van der Waals surface area contributed by atoms with E-state index in [2.05, 4.69) is 14.6 Å². The van der Waals surface area contributed by atoms with E-state index in [1.807, 2.05) is 250 Å². The van der Waals surface area contributed by atoms with Gasteiger partial charge in [-0.3, -0.25) is 27.1 Å². The van der Waals surface area contributed by atoms with E-state index in [0.717, 1.165) is 44.5 Å². The summed E-state index contributed by atoms with van der Waals surface area (Å²) in [6, 6.07) is 61.7. The van der Waals surface area contributed by atoms with E-state index in [9.17, 15) is 0 Å². The van der Waals surface area contributed by atoms with Crippen molar-refractivity contribution >= 4 is 31.7 Å². The zero-order chi connectivity index (χ0) is 50.4. The normalized spacial score (nSPS) is 15.3. The Morgan fingerprint density at radius 2 is 0.528 bits per heavy atom. The van der Waals surface area contributed by atoms with Crippen LogP contribution in [-0.4, -0.2) is 0 Å². The summed E-state index contributed by atoms with van der Waals surface area (Å²) >= 11 is 0. The van der Waals surface area contributed by atoms with Crippen molar-refractivity contribution in [1.29, 1.82) is 0 Å². The van der Waals surface area contributed by atoms with Gasteiger partial charge in [-0.1, -0.05) is 146 Å². The van der Waals surface area contributed by atoms with Crippen molar-refractivity contribution in [3.63, 3.8) is 0 Å². The van der Waals surface area contributed by atoms with Gasteiger partial charge in [0.25, 0.3) is 0 Å². The van der Waals surface area contributed by atoms with Crippen molar-refractivity contribution in [1.82, 2.24) is 14.6 Å². The molecule has 0 saturated heterocycles. The number of hydrogen-bond acceptors (Lipinski definition) is 12. The van der Waals surface area contributed by atoms with Gasteiger partial charge in [-0.05, 0) is 148 Å². The highest BCUT2D eigenvalue weighted by Crippen LogP contribution is 2.81. The lowest BCUT2D eigenvalue weighted by Gasteiger charge is -2.35. The molecular formula is C56H59N4O8P4+3. The number of nitrogens with one attached hydrogen (secondary N) is 3. The van der Waals surface area contributed by atoms with Crippen molar-refractivity contribution in [3.05, 3.63) is 239 Å². The van der Waals surface area contributed by atoms with E-state index >= 15 is 0 Å². The van der Waals surface area contributed by atoms with Crippen LogP contribution < -0.4 is 50.8 Å². The van der Waals surface area contributed by atoms with Crippen LogP contribution in [0.15, 0.2) is 199 Å². The third-order valence-corrected chi connectivity index (χ3v) is 23.3. The first kappa shape index (κ1) is 50.5. The predicted molar refractivity (Wildman–Crippen MR) is 294 cm³/mol. The molecule has 8 aromatic carbocycles. The number of nitrogens with zero attached hydrogens (tertiary/aromatic N) is 1. The van der Waals surface area contributed by atoms with Crippen LogP contribution in [0.4, 0.5) is 0 Å². The zero-order valence-corrected chi connectivity index (χ0v) is 45.1. The summed E-state index contributed by atoms with van der Waals surface area (Å²) in [6.45, 7) is 15.8. The molecule has 0 amide bonds. The van der Waals surface area contributed by atoms with Crippen LogP contribution in [0.3, 0.4) is 0 Å². The number of para-hydroxylation sites is 8. The van der Waals surface area contributed by atoms with Crippen molar-refractivity contribution < 1.29 is 36.2 Å². The average Bonchev–Trinajstić information content (AvgIpc) is 3.35. The molecule has 1 heterocycles. The van der Waals surface area contributed by atoms with Crippen molar-refractivity contribution in [2.75, 3.05) is 0 Å². The summed E-state index contributed by atoms with van der Waals surface area (Å²) < 4.78 is 66.0. The Hall–Kier alpha value is -6.44. The van der Waals surface area contributed by atoms with Crippen LogP contribution in [0.25, 0.3) is 0 Å². The SMILES string of the molecule is Cc1ccccc1OP1(Oc2ccccc2C)=N[P+](Oc2ccccc2C)(Oc2ccccc2C)N[P+](Oc2ccccc2C)(Oc2ccccc2C)N[P+](Oc2ccccc2C)(Oc2ccccc2C)N1. The van der Waals surface area contributed by atoms with Gasteiger partial charge in [-0.15, -0.1) is 0 Å². The fourth-order valence-electron chi connectivity index (χ4n) is 7.50. The third-order valence-electron chi connectivity index (χ3n) is 11.6. The molecule has 1 aliphatic rings. The lowest BCUT2D eigenvalue weighted by atomic mass is 10.2. The molecule has 12 nitrogen and oxygen atoms in total. The Bertz CT molecular complexity index is 3070. The molecule has 0 aliphatic carbocycles. The standard InChI is InChI=1S/C56H59N4O8P4/c1-41-25-9-17-33-49(41)61-69(62-50-34-18-10-26-42(50)2)57-70(63-51-35-19-11-27-43(51)3,64-52-36-20-12-28-44(52)4)59-72(67-55-39-23-15-31-47(55)7,68-56-40-24-16-32-48(56)8)60-71(58-69,65-53-37-21-13-29-45(53)5)66-54-38-22-14-30-46(54)6/h9-40,57-59H,1-8H3/q+3. The fourth-order valence-corrected chi connectivity index (χ4v) is 21.5.